The molecule has 0 aliphatic carbocycles. The standard InChI is InChI=1S/C21H26O5/c1-2-13-6-8-14(9-7-13)10-15-4-3-5-16(11-15)21-20(25)19(24)18(23)17(12-22)26-21/h3-9,11,17-25H,2,10,12H2,1H3/t17-,18-,19+,20-,21+/m1/s1. The summed E-state index contributed by atoms with van der Waals surface area (Å²) in [5.74, 6) is 0. The summed E-state index contributed by atoms with van der Waals surface area (Å²) in [6.07, 6.45) is -3.91. The van der Waals surface area contributed by atoms with Gasteiger partial charge in [-0.25, -0.2) is 0 Å². The van der Waals surface area contributed by atoms with Crippen LogP contribution in [0, 0.1) is 0 Å². The Morgan fingerprint density at radius 1 is 0.846 bits per heavy atom. The third-order valence-corrected chi connectivity index (χ3v) is 5.01. The summed E-state index contributed by atoms with van der Waals surface area (Å²) in [7, 11) is 0. The van der Waals surface area contributed by atoms with Crippen LogP contribution in [-0.4, -0.2) is 51.4 Å². The first kappa shape index (κ1) is 19.0. The van der Waals surface area contributed by atoms with Crippen molar-refractivity contribution in [3.63, 3.8) is 0 Å². The second kappa shape index (κ2) is 8.29. The Morgan fingerprint density at radius 2 is 1.54 bits per heavy atom. The molecule has 0 saturated carbocycles. The van der Waals surface area contributed by atoms with Crippen LogP contribution in [-0.2, 0) is 17.6 Å². The summed E-state index contributed by atoms with van der Waals surface area (Å²) in [5, 5.41) is 39.6. The van der Waals surface area contributed by atoms with Crippen molar-refractivity contribution in [2.75, 3.05) is 6.61 Å². The lowest BCUT2D eigenvalue weighted by atomic mass is 9.90. The van der Waals surface area contributed by atoms with Gasteiger partial charge in [-0.05, 0) is 35.1 Å². The summed E-state index contributed by atoms with van der Waals surface area (Å²) in [5.41, 5.74) is 4.25. The van der Waals surface area contributed by atoms with Gasteiger partial charge in [0.15, 0.2) is 0 Å². The van der Waals surface area contributed by atoms with Crippen LogP contribution in [0.1, 0.15) is 35.3 Å². The Bertz CT molecular complexity index is 713. The third-order valence-electron chi connectivity index (χ3n) is 5.01. The van der Waals surface area contributed by atoms with E-state index >= 15 is 0 Å². The Morgan fingerprint density at radius 3 is 2.19 bits per heavy atom. The molecule has 1 fully saturated rings. The van der Waals surface area contributed by atoms with Crippen LogP contribution in [0.5, 0.6) is 0 Å². The van der Waals surface area contributed by atoms with Gasteiger partial charge in [0.1, 0.15) is 30.5 Å². The predicted molar refractivity (Wildman–Crippen MR) is 97.8 cm³/mol. The normalized spacial score (nSPS) is 28.9. The Balaban J connectivity index is 1.79. The summed E-state index contributed by atoms with van der Waals surface area (Å²) >= 11 is 0. The van der Waals surface area contributed by atoms with E-state index in [9.17, 15) is 20.4 Å². The fourth-order valence-electron chi connectivity index (χ4n) is 3.39. The molecule has 5 heteroatoms. The van der Waals surface area contributed by atoms with Crippen molar-refractivity contribution in [1.29, 1.82) is 0 Å². The van der Waals surface area contributed by atoms with Gasteiger partial charge in [-0.2, -0.15) is 0 Å². The molecule has 26 heavy (non-hydrogen) atoms. The molecule has 5 nitrogen and oxygen atoms in total. The number of hydrogen-bond acceptors (Lipinski definition) is 5. The number of aliphatic hydroxyl groups is 4. The molecule has 0 amide bonds. The number of aryl methyl sites for hydroxylation is 1. The molecule has 1 heterocycles. The fraction of sp³-hybridized carbons (Fsp3) is 0.429. The van der Waals surface area contributed by atoms with Crippen molar-refractivity contribution in [2.45, 2.75) is 50.3 Å². The topological polar surface area (TPSA) is 90.2 Å². The average Bonchev–Trinajstić information content (AvgIpc) is 2.67. The van der Waals surface area contributed by atoms with E-state index in [2.05, 4.69) is 31.2 Å². The first-order valence-corrected chi connectivity index (χ1v) is 9.00. The highest BCUT2D eigenvalue weighted by atomic mass is 16.5. The number of rotatable bonds is 5. The minimum absolute atomic E-state index is 0.426. The van der Waals surface area contributed by atoms with E-state index in [1.807, 2.05) is 24.3 Å². The lowest BCUT2D eigenvalue weighted by Gasteiger charge is -2.40. The van der Waals surface area contributed by atoms with Crippen LogP contribution in [0.25, 0.3) is 0 Å². The van der Waals surface area contributed by atoms with Crippen LogP contribution >= 0.6 is 0 Å². The van der Waals surface area contributed by atoms with Gasteiger partial charge < -0.3 is 25.2 Å². The number of aliphatic hydroxyl groups excluding tert-OH is 4. The van der Waals surface area contributed by atoms with Crippen molar-refractivity contribution in [2.24, 2.45) is 0 Å². The number of benzene rings is 2. The van der Waals surface area contributed by atoms with Gasteiger partial charge in [0, 0.05) is 0 Å². The lowest BCUT2D eigenvalue weighted by molar-refractivity contribution is -0.231. The van der Waals surface area contributed by atoms with Gasteiger partial charge in [0.25, 0.3) is 0 Å². The third kappa shape index (κ3) is 3.98. The van der Waals surface area contributed by atoms with Gasteiger partial charge in [-0.1, -0.05) is 55.5 Å². The molecular weight excluding hydrogens is 332 g/mol. The Labute approximate surface area is 153 Å². The van der Waals surface area contributed by atoms with Crippen molar-refractivity contribution in [3.8, 4) is 0 Å². The molecule has 5 atom stereocenters. The van der Waals surface area contributed by atoms with Gasteiger partial charge in [0.05, 0.1) is 6.61 Å². The second-order valence-electron chi connectivity index (χ2n) is 6.84. The zero-order chi connectivity index (χ0) is 18.7. The van der Waals surface area contributed by atoms with Crippen LogP contribution in [0.3, 0.4) is 0 Å². The minimum Gasteiger partial charge on any atom is -0.394 e. The van der Waals surface area contributed by atoms with Gasteiger partial charge >= 0.3 is 0 Å². The summed E-state index contributed by atoms with van der Waals surface area (Å²) in [6, 6.07) is 16.1. The maximum absolute atomic E-state index is 10.3. The van der Waals surface area contributed by atoms with E-state index in [1.54, 1.807) is 0 Å². The molecule has 3 rings (SSSR count). The average molecular weight is 358 g/mol. The fourth-order valence-corrected chi connectivity index (χ4v) is 3.39. The maximum Gasteiger partial charge on any atom is 0.113 e. The second-order valence-corrected chi connectivity index (χ2v) is 6.84. The molecule has 4 N–H and O–H groups in total. The van der Waals surface area contributed by atoms with E-state index in [0.717, 1.165) is 18.4 Å². The van der Waals surface area contributed by atoms with E-state index in [0.29, 0.717) is 5.56 Å². The zero-order valence-corrected chi connectivity index (χ0v) is 14.8. The van der Waals surface area contributed by atoms with Gasteiger partial charge in [0.2, 0.25) is 0 Å². The molecule has 1 aliphatic rings. The maximum atomic E-state index is 10.3. The quantitative estimate of drug-likeness (QED) is 0.648. The van der Waals surface area contributed by atoms with E-state index < -0.39 is 37.1 Å². The molecule has 0 aromatic heterocycles. The molecule has 1 aliphatic heterocycles. The molecule has 1 saturated heterocycles. The minimum atomic E-state index is -1.36. The largest absolute Gasteiger partial charge is 0.394 e. The molecule has 2 aromatic carbocycles. The van der Waals surface area contributed by atoms with Crippen LogP contribution in [0.15, 0.2) is 48.5 Å². The molecular formula is C21H26O5. The molecule has 0 radical (unpaired) electrons. The monoisotopic (exact) mass is 358 g/mol. The highest BCUT2D eigenvalue weighted by molar-refractivity contribution is 5.32. The molecule has 0 unspecified atom stereocenters. The Hall–Kier alpha value is -1.76. The molecule has 140 valence electrons. The highest BCUT2D eigenvalue weighted by Crippen LogP contribution is 2.32. The van der Waals surface area contributed by atoms with E-state index in [1.165, 1.54) is 11.1 Å². The SMILES string of the molecule is CCc1ccc(Cc2cccc([C@@H]3O[C@H](CO)[C@@H](O)[C@H](O)[C@H]3O)c2)cc1. The van der Waals surface area contributed by atoms with E-state index in [4.69, 9.17) is 4.74 Å². The molecule has 2 aromatic rings. The smallest absolute Gasteiger partial charge is 0.113 e. The van der Waals surface area contributed by atoms with Crippen LogP contribution in [0.2, 0.25) is 0 Å². The predicted octanol–water partition coefficient (Wildman–Crippen LogP) is 1.35. The Kier molecular flexibility index (Phi) is 6.06. The van der Waals surface area contributed by atoms with Crippen molar-refractivity contribution >= 4 is 0 Å². The zero-order valence-electron chi connectivity index (χ0n) is 14.8. The van der Waals surface area contributed by atoms with Gasteiger partial charge in [-0.3, -0.25) is 0 Å². The van der Waals surface area contributed by atoms with Crippen LogP contribution in [0.4, 0.5) is 0 Å². The molecule has 0 spiro atoms. The number of hydrogen-bond donors (Lipinski definition) is 4. The van der Waals surface area contributed by atoms with Crippen LogP contribution < -0.4 is 0 Å². The molecule has 0 bridgehead atoms. The first-order valence-electron chi connectivity index (χ1n) is 9.00. The first-order chi connectivity index (χ1) is 12.5. The summed E-state index contributed by atoms with van der Waals surface area (Å²) < 4.78 is 5.64. The van der Waals surface area contributed by atoms with E-state index in [-0.39, 0.29) is 0 Å². The van der Waals surface area contributed by atoms with Crippen molar-refractivity contribution < 1.29 is 25.2 Å². The summed E-state index contributed by atoms with van der Waals surface area (Å²) in [4.78, 5) is 0. The van der Waals surface area contributed by atoms with Crippen molar-refractivity contribution in [1.82, 2.24) is 0 Å². The lowest BCUT2D eigenvalue weighted by Crippen LogP contribution is -2.55. The highest BCUT2D eigenvalue weighted by Gasteiger charge is 2.43. The van der Waals surface area contributed by atoms with Crippen molar-refractivity contribution in [3.05, 3.63) is 70.8 Å². The number of ether oxygens (including phenoxy) is 1. The summed E-state index contributed by atoms with van der Waals surface area (Å²) in [6.45, 7) is 1.70. The van der Waals surface area contributed by atoms with Gasteiger partial charge in [-0.15, -0.1) is 0 Å².